The standard InChI is InChI=1S/C18H26N2O2/c1-11(2)15(19)9-10-20(5)18(21)17-13(4)14-8-6-7-12(3)16(14)22-17/h6-8,11,15H,9-10,19H2,1-5H3. The van der Waals surface area contributed by atoms with E-state index >= 15 is 0 Å². The quantitative estimate of drug-likeness (QED) is 0.919. The maximum atomic E-state index is 12.6. The van der Waals surface area contributed by atoms with E-state index in [1.54, 1.807) is 11.9 Å². The van der Waals surface area contributed by atoms with Crippen LogP contribution in [0.4, 0.5) is 0 Å². The number of benzene rings is 1. The van der Waals surface area contributed by atoms with Gasteiger partial charge in [0.1, 0.15) is 5.58 Å². The van der Waals surface area contributed by atoms with Gasteiger partial charge in [-0.2, -0.15) is 0 Å². The summed E-state index contributed by atoms with van der Waals surface area (Å²) in [7, 11) is 1.80. The number of rotatable bonds is 5. The average Bonchev–Trinajstić information content (AvgIpc) is 2.82. The smallest absolute Gasteiger partial charge is 0.289 e. The lowest BCUT2D eigenvalue weighted by molar-refractivity contribution is 0.0759. The van der Waals surface area contributed by atoms with Crippen LogP contribution in [0.1, 0.15) is 41.9 Å². The fraction of sp³-hybridized carbons (Fsp3) is 0.500. The van der Waals surface area contributed by atoms with Crippen LogP contribution in [0, 0.1) is 19.8 Å². The molecule has 2 aromatic rings. The fourth-order valence-corrected chi connectivity index (χ4v) is 2.54. The van der Waals surface area contributed by atoms with Crippen molar-refractivity contribution in [1.29, 1.82) is 0 Å². The summed E-state index contributed by atoms with van der Waals surface area (Å²) >= 11 is 0. The summed E-state index contributed by atoms with van der Waals surface area (Å²) in [5.41, 5.74) is 8.81. The van der Waals surface area contributed by atoms with E-state index < -0.39 is 0 Å². The van der Waals surface area contributed by atoms with Crippen LogP contribution in [0.3, 0.4) is 0 Å². The Kier molecular flexibility index (Phi) is 4.91. The molecule has 0 spiro atoms. The van der Waals surface area contributed by atoms with Gasteiger partial charge in [-0.3, -0.25) is 4.79 Å². The van der Waals surface area contributed by atoms with Crippen molar-refractivity contribution in [3.05, 3.63) is 35.1 Å². The number of carbonyl (C=O) groups excluding carboxylic acids is 1. The van der Waals surface area contributed by atoms with Crippen molar-refractivity contribution in [2.24, 2.45) is 11.7 Å². The number of hydrogen-bond donors (Lipinski definition) is 1. The van der Waals surface area contributed by atoms with Crippen LogP contribution in [0.2, 0.25) is 0 Å². The van der Waals surface area contributed by atoms with E-state index in [2.05, 4.69) is 13.8 Å². The molecule has 0 saturated carbocycles. The van der Waals surface area contributed by atoms with Crippen molar-refractivity contribution >= 4 is 16.9 Å². The van der Waals surface area contributed by atoms with Crippen molar-refractivity contribution in [2.75, 3.05) is 13.6 Å². The molecule has 22 heavy (non-hydrogen) atoms. The summed E-state index contributed by atoms with van der Waals surface area (Å²) in [6.45, 7) is 8.75. The van der Waals surface area contributed by atoms with E-state index in [9.17, 15) is 4.79 Å². The number of carbonyl (C=O) groups is 1. The summed E-state index contributed by atoms with van der Waals surface area (Å²) in [6, 6.07) is 6.08. The molecule has 0 aliphatic carbocycles. The predicted octanol–water partition coefficient (Wildman–Crippen LogP) is 3.50. The zero-order chi connectivity index (χ0) is 16.4. The number of para-hydroxylation sites is 1. The zero-order valence-corrected chi connectivity index (χ0v) is 14.1. The van der Waals surface area contributed by atoms with E-state index in [-0.39, 0.29) is 11.9 Å². The highest BCUT2D eigenvalue weighted by Gasteiger charge is 2.22. The lowest BCUT2D eigenvalue weighted by Gasteiger charge is -2.21. The maximum Gasteiger partial charge on any atom is 0.289 e. The summed E-state index contributed by atoms with van der Waals surface area (Å²) in [6.07, 6.45) is 0.790. The highest BCUT2D eigenvalue weighted by atomic mass is 16.3. The van der Waals surface area contributed by atoms with Gasteiger partial charge >= 0.3 is 0 Å². The molecule has 2 N–H and O–H groups in total. The summed E-state index contributed by atoms with van der Waals surface area (Å²) in [5, 5.41) is 1.01. The molecule has 120 valence electrons. The molecular formula is C18H26N2O2. The Hall–Kier alpha value is -1.81. The van der Waals surface area contributed by atoms with E-state index in [4.69, 9.17) is 10.2 Å². The Morgan fingerprint density at radius 3 is 2.59 bits per heavy atom. The minimum Gasteiger partial charge on any atom is -0.450 e. The van der Waals surface area contributed by atoms with Crippen molar-refractivity contribution in [3.63, 3.8) is 0 Å². The first-order valence-corrected chi connectivity index (χ1v) is 7.82. The summed E-state index contributed by atoms with van der Waals surface area (Å²) < 4.78 is 5.84. The van der Waals surface area contributed by atoms with E-state index in [0.29, 0.717) is 18.2 Å². The van der Waals surface area contributed by atoms with Crippen LogP contribution >= 0.6 is 0 Å². The number of hydrogen-bond acceptors (Lipinski definition) is 3. The third-order valence-electron chi connectivity index (χ3n) is 4.36. The zero-order valence-electron chi connectivity index (χ0n) is 14.1. The molecule has 0 bridgehead atoms. The Bertz CT molecular complexity index is 673. The molecule has 1 aromatic carbocycles. The molecule has 4 heteroatoms. The molecule has 1 amide bonds. The van der Waals surface area contributed by atoms with Crippen molar-refractivity contribution < 1.29 is 9.21 Å². The molecule has 0 fully saturated rings. The molecule has 1 atom stereocenters. The molecular weight excluding hydrogens is 276 g/mol. The van der Waals surface area contributed by atoms with Crippen molar-refractivity contribution in [2.45, 2.75) is 40.2 Å². The third kappa shape index (κ3) is 3.17. The van der Waals surface area contributed by atoms with Gasteiger partial charge in [-0.05, 0) is 31.7 Å². The monoisotopic (exact) mass is 302 g/mol. The molecule has 0 radical (unpaired) electrons. The third-order valence-corrected chi connectivity index (χ3v) is 4.36. The van der Waals surface area contributed by atoms with Gasteiger partial charge in [0.05, 0.1) is 0 Å². The average molecular weight is 302 g/mol. The van der Waals surface area contributed by atoms with Crippen LogP contribution < -0.4 is 5.73 Å². The summed E-state index contributed by atoms with van der Waals surface area (Å²) in [4.78, 5) is 14.3. The van der Waals surface area contributed by atoms with Crippen LogP contribution in [0.5, 0.6) is 0 Å². The lowest BCUT2D eigenvalue weighted by Crippen LogP contribution is -2.34. The highest BCUT2D eigenvalue weighted by Crippen LogP contribution is 2.28. The molecule has 1 unspecified atom stereocenters. The van der Waals surface area contributed by atoms with Crippen LogP contribution in [0.15, 0.2) is 22.6 Å². The van der Waals surface area contributed by atoms with Gasteiger partial charge in [0.25, 0.3) is 5.91 Å². The molecule has 0 aliphatic heterocycles. The van der Waals surface area contributed by atoms with Gasteiger partial charge in [-0.15, -0.1) is 0 Å². The number of amides is 1. The molecule has 0 aliphatic rings. The Balaban J connectivity index is 2.19. The Labute approximate surface area is 132 Å². The van der Waals surface area contributed by atoms with Gasteiger partial charge in [0.2, 0.25) is 0 Å². The van der Waals surface area contributed by atoms with E-state index in [1.807, 2.05) is 32.0 Å². The normalized spacial score (nSPS) is 12.9. The predicted molar refractivity (Wildman–Crippen MR) is 90.1 cm³/mol. The maximum absolute atomic E-state index is 12.6. The molecule has 0 saturated heterocycles. The number of fused-ring (bicyclic) bond motifs is 1. The SMILES string of the molecule is Cc1c(C(=O)N(C)CCC(N)C(C)C)oc2c(C)cccc12. The second-order valence-corrected chi connectivity index (χ2v) is 6.43. The van der Waals surface area contributed by atoms with Crippen molar-refractivity contribution in [3.8, 4) is 0 Å². The molecule has 1 heterocycles. The number of furan rings is 1. The van der Waals surface area contributed by atoms with Crippen molar-refractivity contribution in [1.82, 2.24) is 4.90 Å². The van der Waals surface area contributed by atoms with Crippen LogP contribution in [-0.4, -0.2) is 30.4 Å². The fourth-order valence-electron chi connectivity index (χ4n) is 2.54. The minimum atomic E-state index is -0.0796. The van der Waals surface area contributed by atoms with Crippen LogP contribution in [-0.2, 0) is 0 Å². The van der Waals surface area contributed by atoms with Crippen LogP contribution in [0.25, 0.3) is 11.0 Å². The van der Waals surface area contributed by atoms with Gasteiger partial charge in [-0.25, -0.2) is 0 Å². The molecule has 4 nitrogen and oxygen atoms in total. The molecule has 1 aromatic heterocycles. The first-order valence-electron chi connectivity index (χ1n) is 7.82. The largest absolute Gasteiger partial charge is 0.450 e. The Morgan fingerprint density at radius 2 is 2.00 bits per heavy atom. The van der Waals surface area contributed by atoms with Gasteiger partial charge < -0.3 is 15.1 Å². The first kappa shape index (κ1) is 16.6. The number of nitrogens with two attached hydrogens (primary N) is 1. The van der Waals surface area contributed by atoms with E-state index in [1.165, 1.54) is 0 Å². The van der Waals surface area contributed by atoms with Gasteiger partial charge in [0.15, 0.2) is 5.76 Å². The highest BCUT2D eigenvalue weighted by molar-refractivity contribution is 5.99. The number of nitrogens with zero attached hydrogens (tertiary/aromatic N) is 1. The second kappa shape index (κ2) is 6.53. The Morgan fingerprint density at radius 1 is 1.32 bits per heavy atom. The van der Waals surface area contributed by atoms with Gasteiger partial charge in [-0.1, -0.05) is 32.0 Å². The first-order chi connectivity index (χ1) is 10.3. The second-order valence-electron chi connectivity index (χ2n) is 6.43. The molecule has 2 rings (SSSR count). The van der Waals surface area contributed by atoms with E-state index in [0.717, 1.165) is 28.5 Å². The topological polar surface area (TPSA) is 59.5 Å². The number of aryl methyl sites for hydroxylation is 2. The summed E-state index contributed by atoms with van der Waals surface area (Å²) in [5.74, 6) is 0.771. The lowest BCUT2D eigenvalue weighted by atomic mass is 10.0. The minimum absolute atomic E-state index is 0.0796. The van der Waals surface area contributed by atoms with Gasteiger partial charge in [0, 0.05) is 30.6 Å².